The summed E-state index contributed by atoms with van der Waals surface area (Å²) in [5.41, 5.74) is 0.219. The summed E-state index contributed by atoms with van der Waals surface area (Å²) in [6.07, 6.45) is 4.72. The van der Waals surface area contributed by atoms with Gasteiger partial charge in [-0.15, -0.1) is 0 Å². The summed E-state index contributed by atoms with van der Waals surface area (Å²) in [7, 11) is 0. The van der Waals surface area contributed by atoms with Crippen LogP contribution >= 0.6 is 0 Å². The van der Waals surface area contributed by atoms with E-state index in [2.05, 4.69) is 31.0 Å². The van der Waals surface area contributed by atoms with Crippen LogP contribution in [0.1, 0.15) is 46.5 Å². The van der Waals surface area contributed by atoms with Crippen molar-refractivity contribution in [3.05, 3.63) is 0 Å². The highest BCUT2D eigenvalue weighted by Crippen LogP contribution is 2.29. The Hall–Kier alpha value is -0.120. The molecule has 2 rings (SSSR count). The first kappa shape index (κ1) is 13.3. The van der Waals surface area contributed by atoms with Crippen LogP contribution in [-0.2, 0) is 0 Å². The van der Waals surface area contributed by atoms with Crippen LogP contribution in [0.15, 0.2) is 0 Å². The van der Waals surface area contributed by atoms with Crippen molar-refractivity contribution in [3.63, 3.8) is 0 Å². The zero-order chi connectivity index (χ0) is 12.5. The van der Waals surface area contributed by atoms with Crippen molar-refractivity contribution in [2.24, 2.45) is 5.41 Å². The van der Waals surface area contributed by atoms with E-state index in [1.807, 2.05) is 0 Å². The molecule has 2 aliphatic rings. The molecule has 1 saturated heterocycles. The van der Waals surface area contributed by atoms with Crippen molar-refractivity contribution >= 4 is 0 Å². The second-order valence-electron chi connectivity index (χ2n) is 7.04. The van der Waals surface area contributed by atoms with Crippen LogP contribution < -0.4 is 5.32 Å². The highest BCUT2D eigenvalue weighted by Gasteiger charge is 2.34. The van der Waals surface area contributed by atoms with Gasteiger partial charge in [-0.3, -0.25) is 4.90 Å². The number of hydrogen-bond donors (Lipinski definition) is 2. The Kier molecular flexibility index (Phi) is 4.11. The van der Waals surface area contributed by atoms with Gasteiger partial charge >= 0.3 is 0 Å². The number of aliphatic hydroxyl groups excluding tert-OH is 1. The molecule has 2 unspecified atom stereocenters. The number of nitrogens with one attached hydrogen (secondary N) is 1. The molecule has 1 aliphatic heterocycles. The highest BCUT2D eigenvalue weighted by molar-refractivity contribution is 4.92. The largest absolute Gasteiger partial charge is 0.392 e. The van der Waals surface area contributed by atoms with Gasteiger partial charge in [0.15, 0.2) is 0 Å². The third-order valence-corrected chi connectivity index (χ3v) is 3.77. The van der Waals surface area contributed by atoms with Gasteiger partial charge in [0.25, 0.3) is 0 Å². The molecule has 3 heteroatoms. The monoisotopic (exact) mass is 240 g/mol. The van der Waals surface area contributed by atoms with Crippen molar-refractivity contribution in [1.29, 1.82) is 0 Å². The maximum absolute atomic E-state index is 9.96. The van der Waals surface area contributed by atoms with Gasteiger partial charge in [-0.2, -0.15) is 0 Å². The molecule has 100 valence electrons. The van der Waals surface area contributed by atoms with Gasteiger partial charge < -0.3 is 10.4 Å². The van der Waals surface area contributed by atoms with Crippen LogP contribution in [0.25, 0.3) is 0 Å². The fourth-order valence-electron chi connectivity index (χ4n) is 2.81. The lowest BCUT2D eigenvalue weighted by Gasteiger charge is -2.24. The Morgan fingerprint density at radius 3 is 2.59 bits per heavy atom. The lowest BCUT2D eigenvalue weighted by Crippen LogP contribution is -2.39. The minimum Gasteiger partial charge on any atom is -0.392 e. The highest BCUT2D eigenvalue weighted by atomic mass is 16.3. The molecule has 2 fully saturated rings. The smallest absolute Gasteiger partial charge is 0.0669 e. The Morgan fingerprint density at radius 1 is 1.29 bits per heavy atom. The Morgan fingerprint density at radius 2 is 2.00 bits per heavy atom. The van der Waals surface area contributed by atoms with Crippen molar-refractivity contribution in [2.75, 3.05) is 19.6 Å². The molecule has 0 amide bonds. The molecule has 0 aromatic heterocycles. The molecule has 0 spiro atoms. The quantitative estimate of drug-likeness (QED) is 0.766. The zero-order valence-corrected chi connectivity index (χ0v) is 11.6. The van der Waals surface area contributed by atoms with E-state index in [9.17, 15) is 5.11 Å². The maximum Gasteiger partial charge on any atom is 0.0669 e. The number of likely N-dealkylation sites (tertiary alicyclic amines) is 1. The van der Waals surface area contributed by atoms with Crippen LogP contribution in [0.5, 0.6) is 0 Å². The van der Waals surface area contributed by atoms with E-state index in [0.29, 0.717) is 6.04 Å². The van der Waals surface area contributed by atoms with Gasteiger partial charge in [0.1, 0.15) is 0 Å². The molecule has 0 radical (unpaired) electrons. The molecule has 0 bridgehead atoms. The Bertz CT molecular complexity index is 245. The second-order valence-corrected chi connectivity index (χ2v) is 7.04. The predicted molar refractivity (Wildman–Crippen MR) is 71.1 cm³/mol. The molecule has 3 nitrogen and oxygen atoms in total. The first-order chi connectivity index (χ1) is 7.94. The average molecular weight is 240 g/mol. The van der Waals surface area contributed by atoms with E-state index < -0.39 is 0 Å². The van der Waals surface area contributed by atoms with Crippen LogP contribution in [0.3, 0.4) is 0 Å². The van der Waals surface area contributed by atoms with Crippen molar-refractivity contribution in [3.8, 4) is 0 Å². The summed E-state index contributed by atoms with van der Waals surface area (Å²) in [5, 5.41) is 13.5. The van der Waals surface area contributed by atoms with E-state index in [1.54, 1.807) is 0 Å². The van der Waals surface area contributed by atoms with E-state index in [4.69, 9.17) is 0 Å². The molecule has 1 heterocycles. The van der Waals surface area contributed by atoms with E-state index in [0.717, 1.165) is 19.0 Å². The fourth-order valence-corrected chi connectivity index (χ4v) is 2.81. The summed E-state index contributed by atoms with van der Waals surface area (Å²) < 4.78 is 0. The molecule has 17 heavy (non-hydrogen) atoms. The molecule has 0 aromatic rings. The van der Waals surface area contributed by atoms with Gasteiger partial charge in [0.05, 0.1) is 6.10 Å². The van der Waals surface area contributed by atoms with Gasteiger partial charge in [0, 0.05) is 31.7 Å². The van der Waals surface area contributed by atoms with Gasteiger partial charge in [0.2, 0.25) is 0 Å². The zero-order valence-electron chi connectivity index (χ0n) is 11.6. The minimum absolute atomic E-state index is 0.204. The van der Waals surface area contributed by atoms with Gasteiger partial charge in [-0.1, -0.05) is 20.8 Å². The lowest BCUT2D eigenvalue weighted by atomic mass is 9.89. The topological polar surface area (TPSA) is 35.5 Å². The number of nitrogens with zero attached hydrogens (tertiary/aromatic N) is 1. The van der Waals surface area contributed by atoms with Crippen LogP contribution in [0.2, 0.25) is 0 Å². The van der Waals surface area contributed by atoms with Crippen molar-refractivity contribution in [2.45, 2.75) is 64.6 Å². The number of hydrogen-bond acceptors (Lipinski definition) is 3. The van der Waals surface area contributed by atoms with Gasteiger partial charge in [-0.05, 0) is 31.1 Å². The van der Waals surface area contributed by atoms with Crippen LogP contribution in [0, 0.1) is 5.41 Å². The standard InChI is InChI=1S/C14H28N2O/c1-14(2,3)8-13(17)9-15-11-6-7-16(10-11)12-4-5-12/h11-13,15,17H,4-10H2,1-3H3. The maximum atomic E-state index is 9.96. The Labute approximate surface area is 106 Å². The molecule has 1 saturated carbocycles. The predicted octanol–water partition coefficient (Wildman–Crippen LogP) is 1.61. The summed E-state index contributed by atoms with van der Waals surface area (Å²) in [6.45, 7) is 9.73. The Balaban J connectivity index is 1.61. The summed E-state index contributed by atoms with van der Waals surface area (Å²) in [4.78, 5) is 2.60. The van der Waals surface area contributed by atoms with Crippen LogP contribution in [0.4, 0.5) is 0 Å². The SMILES string of the molecule is CC(C)(C)CC(O)CNC1CCN(C2CC2)C1. The van der Waals surface area contributed by atoms with Crippen LogP contribution in [-0.4, -0.2) is 47.8 Å². The van der Waals surface area contributed by atoms with Crippen molar-refractivity contribution < 1.29 is 5.11 Å². The lowest BCUT2D eigenvalue weighted by molar-refractivity contribution is 0.116. The first-order valence-electron chi connectivity index (χ1n) is 7.09. The van der Waals surface area contributed by atoms with Gasteiger partial charge in [-0.25, -0.2) is 0 Å². The summed E-state index contributed by atoms with van der Waals surface area (Å²) in [6, 6.07) is 1.49. The molecular formula is C14H28N2O. The molecule has 2 N–H and O–H groups in total. The third-order valence-electron chi connectivity index (χ3n) is 3.77. The summed E-state index contributed by atoms with van der Waals surface area (Å²) in [5.74, 6) is 0. The van der Waals surface area contributed by atoms with E-state index >= 15 is 0 Å². The normalized spacial score (nSPS) is 28.6. The minimum atomic E-state index is -0.204. The fraction of sp³-hybridized carbons (Fsp3) is 1.00. The molecule has 2 atom stereocenters. The van der Waals surface area contributed by atoms with Crippen molar-refractivity contribution in [1.82, 2.24) is 10.2 Å². The third kappa shape index (κ3) is 4.57. The number of aliphatic hydroxyl groups is 1. The second kappa shape index (κ2) is 5.25. The first-order valence-corrected chi connectivity index (χ1v) is 7.09. The molecule has 0 aromatic carbocycles. The van der Waals surface area contributed by atoms with E-state index in [1.165, 1.54) is 32.4 Å². The molecule has 1 aliphatic carbocycles. The van der Waals surface area contributed by atoms with E-state index in [-0.39, 0.29) is 11.5 Å². The summed E-state index contributed by atoms with van der Waals surface area (Å²) >= 11 is 0. The molecular weight excluding hydrogens is 212 g/mol. The average Bonchev–Trinajstić information content (AvgIpc) is 2.93. The number of rotatable bonds is 5.